The number of nitro benzene ring substituents is 1. The highest BCUT2D eigenvalue weighted by molar-refractivity contribution is 5.87. The first-order valence-electron chi connectivity index (χ1n) is 11.3. The Morgan fingerprint density at radius 3 is 2.87 bits per heavy atom. The number of fused-ring (bicyclic) bond motifs is 4. The number of hydrogen-bond acceptors (Lipinski definition) is 4. The van der Waals surface area contributed by atoms with Gasteiger partial charge in [-0.25, -0.2) is 0 Å². The maximum Gasteiger partial charge on any atom is 0.270 e. The third-order valence-electron chi connectivity index (χ3n) is 7.90. The summed E-state index contributed by atoms with van der Waals surface area (Å²) in [5, 5.41) is 22.6. The van der Waals surface area contributed by atoms with Crippen LogP contribution >= 0.6 is 0 Å². The van der Waals surface area contributed by atoms with Crippen molar-refractivity contribution in [1.82, 2.24) is 9.88 Å². The second kappa shape index (κ2) is 6.82. The molecule has 1 aromatic heterocycles. The van der Waals surface area contributed by atoms with Gasteiger partial charge in [0.1, 0.15) is 5.75 Å². The number of hydrogen-bond donors (Lipinski definition) is 2. The van der Waals surface area contributed by atoms with E-state index in [2.05, 4.69) is 16.0 Å². The van der Waals surface area contributed by atoms with Crippen molar-refractivity contribution in [1.29, 1.82) is 0 Å². The lowest BCUT2D eigenvalue weighted by molar-refractivity contribution is -0.384. The van der Waals surface area contributed by atoms with Crippen LogP contribution in [0.1, 0.15) is 36.1 Å². The Kier molecular flexibility index (Phi) is 4.15. The first kappa shape index (κ1) is 18.9. The second-order valence-electron chi connectivity index (χ2n) is 9.81. The molecule has 1 aliphatic heterocycles. The molecule has 1 unspecified atom stereocenters. The van der Waals surface area contributed by atoms with E-state index in [9.17, 15) is 15.2 Å². The highest BCUT2D eigenvalue weighted by atomic mass is 16.6. The smallest absolute Gasteiger partial charge is 0.270 e. The number of phenols is 1. The SMILES string of the molecule is O=[N+]([O-])c1ccc2[nH]c3c(c2c1)CC1CN(CC2CC2)CC[C@]1(c1cccc(O)c1)C3. The molecular formula is C25H27N3O3. The zero-order valence-corrected chi connectivity index (χ0v) is 17.5. The topological polar surface area (TPSA) is 82.4 Å². The molecule has 0 radical (unpaired) electrons. The molecule has 2 N–H and O–H groups in total. The highest BCUT2D eigenvalue weighted by Crippen LogP contribution is 2.50. The standard InChI is InChI=1S/C25H27N3O3/c29-20-3-1-2-17(10-20)25-8-9-27(14-16-4-5-16)15-18(25)11-21-22-12-19(28(30)31)6-7-23(22)26-24(21)13-25/h1-3,6-7,10,12,16,18,26,29H,4-5,8-9,11,13-15H2/t18?,25-/m1/s1. The zero-order chi connectivity index (χ0) is 21.2. The lowest BCUT2D eigenvalue weighted by Crippen LogP contribution is -2.54. The summed E-state index contributed by atoms with van der Waals surface area (Å²) in [6.07, 6.45) is 5.58. The van der Waals surface area contributed by atoms with E-state index in [1.807, 2.05) is 18.2 Å². The summed E-state index contributed by atoms with van der Waals surface area (Å²) in [6, 6.07) is 13.0. The Morgan fingerprint density at radius 1 is 1.23 bits per heavy atom. The van der Waals surface area contributed by atoms with Crippen LogP contribution in [0.5, 0.6) is 5.75 Å². The Hall–Kier alpha value is -2.86. The zero-order valence-electron chi connectivity index (χ0n) is 17.5. The fraction of sp³-hybridized carbons (Fsp3) is 0.440. The number of nitrogens with zero attached hydrogens (tertiary/aromatic N) is 2. The molecule has 3 aliphatic rings. The molecular weight excluding hydrogens is 390 g/mol. The van der Waals surface area contributed by atoms with Gasteiger partial charge in [-0.2, -0.15) is 0 Å². The number of piperidine rings is 1. The summed E-state index contributed by atoms with van der Waals surface area (Å²) in [7, 11) is 0. The lowest BCUT2D eigenvalue weighted by atomic mass is 9.58. The van der Waals surface area contributed by atoms with Crippen LogP contribution in [0.2, 0.25) is 0 Å². The summed E-state index contributed by atoms with van der Waals surface area (Å²) in [5.74, 6) is 1.61. The molecule has 3 aromatic rings. The summed E-state index contributed by atoms with van der Waals surface area (Å²) in [4.78, 5) is 17.2. The van der Waals surface area contributed by atoms with Crippen molar-refractivity contribution in [2.75, 3.05) is 19.6 Å². The van der Waals surface area contributed by atoms with Crippen molar-refractivity contribution in [3.63, 3.8) is 0 Å². The molecule has 160 valence electrons. The van der Waals surface area contributed by atoms with Crippen molar-refractivity contribution in [3.05, 3.63) is 69.4 Å². The number of nitro groups is 1. The number of rotatable bonds is 4. The molecule has 6 rings (SSSR count). The van der Waals surface area contributed by atoms with Crippen LogP contribution in [-0.2, 0) is 18.3 Å². The molecule has 2 aliphatic carbocycles. The normalized spacial score (nSPS) is 25.9. The molecule has 6 heteroatoms. The van der Waals surface area contributed by atoms with Crippen LogP contribution in [0, 0.1) is 22.0 Å². The first-order valence-corrected chi connectivity index (χ1v) is 11.3. The van der Waals surface area contributed by atoms with Crippen LogP contribution in [0.4, 0.5) is 5.69 Å². The van der Waals surface area contributed by atoms with Gasteiger partial charge < -0.3 is 15.0 Å². The van der Waals surface area contributed by atoms with E-state index in [4.69, 9.17) is 0 Å². The number of aromatic amines is 1. The second-order valence-corrected chi connectivity index (χ2v) is 9.81. The molecule has 0 spiro atoms. The van der Waals surface area contributed by atoms with Crippen LogP contribution in [0.3, 0.4) is 0 Å². The van der Waals surface area contributed by atoms with Gasteiger partial charge in [0.05, 0.1) is 4.92 Å². The largest absolute Gasteiger partial charge is 0.508 e. The fourth-order valence-electron chi connectivity index (χ4n) is 6.11. The van der Waals surface area contributed by atoms with Gasteiger partial charge in [0, 0.05) is 47.2 Å². The molecule has 2 aromatic carbocycles. The highest BCUT2D eigenvalue weighted by Gasteiger charge is 2.48. The van der Waals surface area contributed by atoms with E-state index >= 15 is 0 Å². The maximum atomic E-state index is 11.3. The third-order valence-corrected chi connectivity index (χ3v) is 7.90. The predicted octanol–water partition coefficient (Wildman–Crippen LogP) is 4.55. The molecule has 0 amide bonds. The summed E-state index contributed by atoms with van der Waals surface area (Å²) in [6.45, 7) is 3.33. The minimum absolute atomic E-state index is 0.0153. The van der Waals surface area contributed by atoms with E-state index in [0.29, 0.717) is 11.7 Å². The summed E-state index contributed by atoms with van der Waals surface area (Å²) < 4.78 is 0. The fourth-order valence-corrected chi connectivity index (χ4v) is 6.11. The first-order chi connectivity index (χ1) is 15.0. The monoisotopic (exact) mass is 417 g/mol. The van der Waals surface area contributed by atoms with Gasteiger partial charge in [-0.05, 0) is 79.8 Å². The van der Waals surface area contributed by atoms with E-state index in [1.165, 1.54) is 36.2 Å². The summed E-state index contributed by atoms with van der Waals surface area (Å²) >= 11 is 0. The maximum absolute atomic E-state index is 11.3. The minimum atomic E-state index is -0.309. The van der Waals surface area contributed by atoms with E-state index in [-0.39, 0.29) is 16.0 Å². The number of benzene rings is 2. The van der Waals surface area contributed by atoms with Gasteiger partial charge >= 0.3 is 0 Å². The number of aromatic nitrogens is 1. The molecule has 1 saturated heterocycles. The summed E-state index contributed by atoms with van der Waals surface area (Å²) in [5.41, 5.74) is 4.78. The van der Waals surface area contributed by atoms with Crippen molar-refractivity contribution < 1.29 is 10.0 Å². The Morgan fingerprint density at radius 2 is 2.10 bits per heavy atom. The van der Waals surface area contributed by atoms with Gasteiger partial charge in [0.25, 0.3) is 5.69 Å². The number of phenolic OH excluding ortho intramolecular Hbond substituents is 1. The van der Waals surface area contributed by atoms with Gasteiger partial charge in [-0.1, -0.05) is 12.1 Å². The molecule has 6 nitrogen and oxygen atoms in total. The molecule has 2 heterocycles. The van der Waals surface area contributed by atoms with Crippen molar-refractivity contribution in [2.45, 2.75) is 37.5 Å². The number of H-pyrrole nitrogens is 1. The average Bonchev–Trinajstić information content (AvgIpc) is 3.51. The Bertz CT molecular complexity index is 1180. The molecule has 31 heavy (non-hydrogen) atoms. The van der Waals surface area contributed by atoms with Crippen LogP contribution in [-0.4, -0.2) is 39.5 Å². The van der Waals surface area contributed by atoms with Crippen LogP contribution in [0.15, 0.2) is 42.5 Å². The molecule has 2 atom stereocenters. The van der Waals surface area contributed by atoms with Gasteiger partial charge in [0.2, 0.25) is 0 Å². The van der Waals surface area contributed by atoms with Gasteiger partial charge in [0.15, 0.2) is 0 Å². The van der Waals surface area contributed by atoms with Gasteiger partial charge in [-0.15, -0.1) is 0 Å². The van der Waals surface area contributed by atoms with Crippen molar-refractivity contribution in [3.8, 4) is 5.75 Å². The lowest BCUT2D eigenvalue weighted by Gasteiger charge is -2.51. The molecule has 2 fully saturated rings. The van der Waals surface area contributed by atoms with Crippen molar-refractivity contribution in [2.24, 2.45) is 11.8 Å². The van der Waals surface area contributed by atoms with Gasteiger partial charge in [-0.3, -0.25) is 10.1 Å². The van der Waals surface area contributed by atoms with E-state index in [0.717, 1.165) is 49.2 Å². The van der Waals surface area contributed by atoms with Crippen LogP contribution < -0.4 is 0 Å². The number of nitrogens with one attached hydrogen (secondary N) is 1. The Balaban J connectivity index is 1.45. The quantitative estimate of drug-likeness (QED) is 0.482. The predicted molar refractivity (Wildman–Crippen MR) is 119 cm³/mol. The van der Waals surface area contributed by atoms with Crippen LogP contribution in [0.25, 0.3) is 10.9 Å². The number of non-ortho nitro benzene ring substituents is 1. The average molecular weight is 418 g/mol. The third kappa shape index (κ3) is 3.12. The van der Waals surface area contributed by atoms with Crippen molar-refractivity contribution >= 4 is 16.6 Å². The minimum Gasteiger partial charge on any atom is -0.508 e. The molecule has 1 saturated carbocycles. The van der Waals surface area contributed by atoms with E-state index < -0.39 is 0 Å². The number of likely N-dealkylation sites (tertiary alicyclic amines) is 1. The molecule has 0 bridgehead atoms. The van der Waals surface area contributed by atoms with E-state index in [1.54, 1.807) is 18.2 Å². The Labute approximate surface area is 181 Å². The number of aromatic hydroxyl groups is 1.